The number of nitrogens with two attached hydrogens (primary N) is 1. The Hall–Kier alpha value is -1.18. The number of carbonyl (C=O) groups is 1. The number of nitrogens with zero attached hydrogens (tertiary/aromatic N) is 2. The molecule has 0 spiro atoms. The number of nitrogens with one attached hydrogen (secondary N) is 1. The zero-order valence-corrected chi connectivity index (χ0v) is 12.8. The van der Waals surface area contributed by atoms with E-state index in [-0.39, 0.29) is 12.0 Å². The molecule has 1 saturated heterocycles. The van der Waals surface area contributed by atoms with Gasteiger partial charge in [-0.2, -0.15) is 0 Å². The number of morpholine rings is 1. The number of nitrogen functional groups attached to an aromatic ring is 1. The van der Waals surface area contributed by atoms with Crippen LogP contribution in [0.3, 0.4) is 0 Å². The molecule has 1 unspecified atom stereocenters. The predicted molar refractivity (Wildman–Crippen MR) is 79.4 cm³/mol. The van der Waals surface area contributed by atoms with Crippen molar-refractivity contribution in [2.45, 2.75) is 39.0 Å². The summed E-state index contributed by atoms with van der Waals surface area (Å²) < 4.78 is 5.65. The van der Waals surface area contributed by atoms with Gasteiger partial charge in [0.25, 0.3) is 0 Å². The summed E-state index contributed by atoms with van der Waals surface area (Å²) in [6, 6.07) is 0.488. The highest BCUT2D eigenvalue weighted by Crippen LogP contribution is 2.12. The Morgan fingerprint density at radius 2 is 2.50 bits per heavy atom. The van der Waals surface area contributed by atoms with Crippen molar-refractivity contribution < 1.29 is 9.53 Å². The summed E-state index contributed by atoms with van der Waals surface area (Å²) in [4.78, 5) is 18.3. The van der Waals surface area contributed by atoms with E-state index in [4.69, 9.17) is 10.5 Å². The van der Waals surface area contributed by atoms with Gasteiger partial charge in [0.2, 0.25) is 5.91 Å². The molecule has 1 aromatic heterocycles. The second-order valence-corrected chi connectivity index (χ2v) is 6.13. The SMILES string of the molecule is CC(C)N1CCOC(CC(=O)NCc2csc(N)n2)C1. The van der Waals surface area contributed by atoms with Crippen molar-refractivity contribution in [2.75, 3.05) is 25.4 Å². The van der Waals surface area contributed by atoms with Crippen LogP contribution >= 0.6 is 11.3 Å². The van der Waals surface area contributed by atoms with Crippen LogP contribution in [0, 0.1) is 0 Å². The van der Waals surface area contributed by atoms with Gasteiger partial charge >= 0.3 is 0 Å². The maximum Gasteiger partial charge on any atom is 0.222 e. The molecule has 1 aromatic rings. The molecular formula is C13H22N4O2S. The summed E-state index contributed by atoms with van der Waals surface area (Å²) in [6.07, 6.45) is 0.370. The van der Waals surface area contributed by atoms with Crippen LogP contribution in [-0.2, 0) is 16.1 Å². The molecule has 2 heterocycles. The van der Waals surface area contributed by atoms with Gasteiger partial charge in [0, 0.05) is 24.5 Å². The van der Waals surface area contributed by atoms with Gasteiger partial charge in [-0.15, -0.1) is 11.3 Å². The van der Waals surface area contributed by atoms with Crippen LogP contribution in [-0.4, -0.2) is 47.6 Å². The monoisotopic (exact) mass is 298 g/mol. The first-order valence-electron chi connectivity index (χ1n) is 6.87. The molecule has 1 aliphatic rings. The Kier molecular flexibility index (Phi) is 5.33. The molecule has 0 aromatic carbocycles. The minimum atomic E-state index is -0.0216. The van der Waals surface area contributed by atoms with Gasteiger partial charge in [-0.05, 0) is 13.8 Å². The van der Waals surface area contributed by atoms with Crippen molar-refractivity contribution in [2.24, 2.45) is 0 Å². The number of aromatic nitrogens is 1. The number of rotatable bonds is 5. The number of amides is 1. The largest absolute Gasteiger partial charge is 0.375 e. The third kappa shape index (κ3) is 4.43. The van der Waals surface area contributed by atoms with Gasteiger partial charge in [0.1, 0.15) is 0 Å². The Morgan fingerprint density at radius 3 is 3.15 bits per heavy atom. The van der Waals surface area contributed by atoms with Gasteiger partial charge in [0.05, 0.1) is 31.4 Å². The second-order valence-electron chi connectivity index (χ2n) is 5.24. The fourth-order valence-corrected chi connectivity index (χ4v) is 2.77. The second kappa shape index (κ2) is 7.01. The normalized spacial score (nSPS) is 20.2. The van der Waals surface area contributed by atoms with E-state index in [0.29, 0.717) is 30.7 Å². The van der Waals surface area contributed by atoms with E-state index in [1.54, 1.807) is 0 Å². The summed E-state index contributed by atoms with van der Waals surface area (Å²) in [5, 5.41) is 5.23. The first-order valence-corrected chi connectivity index (χ1v) is 7.75. The van der Waals surface area contributed by atoms with Crippen LogP contribution in [0.5, 0.6) is 0 Å². The number of thiazole rings is 1. The highest BCUT2D eigenvalue weighted by Gasteiger charge is 2.24. The lowest BCUT2D eigenvalue weighted by molar-refractivity contribution is -0.126. The van der Waals surface area contributed by atoms with E-state index in [1.165, 1.54) is 11.3 Å². The van der Waals surface area contributed by atoms with Crippen molar-refractivity contribution in [1.82, 2.24) is 15.2 Å². The van der Waals surface area contributed by atoms with E-state index < -0.39 is 0 Å². The number of hydrogen-bond acceptors (Lipinski definition) is 6. The molecule has 0 aliphatic carbocycles. The fraction of sp³-hybridized carbons (Fsp3) is 0.692. The van der Waals surface area contributed by atoms with E-state index >= 15 is 0 Å². The highest BCUT2D eigenvalue weighted by atomic mass is 32.1. The van der Waals surface area contributed by atoms with Crippen molar-refractivity contribution in [1.29, 1.82) is 0 Å². The van der Waals surface area contributed by atoms with Crippen LogP contribution in [0.2, 0.25) is 0 Å². The summed E-state index contributed by atoms with van der Waals surface area (Å²) in [5.74, 6) is -0.00724. The Morgan fingerprint density at radius 1 is 1.70 bits per heavy atom. The standard InChI is InChI=1S/C13H22N4O2S/c1-9(2)17-3-4-19-11(7-17)5-12(18)15-6-10-8-20-13(14)16-10/h8-9,11H,3-7H2,1-2H3,(H2,14,16)(H,15,18). The molecular weight excluding hydrogens is 276 g/mol. The Balaban J connectivity index is 1.73. The molecule has 112 valence electrons. The zero-order chi connectivity index (χ0) is 14.5. The van der Waals surface area contributed by atoms with E-state index in [0.717, 1.165) is 18.8 Å². The van der Waals surface area contributed by atoms with E-state index in [1.807, 2.05) is 5.38 Å². The first-order chi connectivity index (χ1) is 9.54. The lowest BCUT2D eigenvalue weighted by Gasteiger charge is -2.35. The Labute approximate surface area is 123 Å². The van der Waals surface area contributed by atoms with Crippen LogP contribution in [0.15, 0.2) is 5.38 Å². The average molecular weight is 298 g/mol. The predicted octanol–water partition coefficient (Wildman–Crippen LogP) is 0.841. The van der Waals surface area contributed by atoms with Crippen molar-refractivity contribution in [3.05, 3.63) is 11.1 Å². The molecule has 1 atom stereocenters. The molecule has 2 rings (SSSR count). The van der Waals surface area contributed by atoms with Crippen LogP contribution in [0.1, 0.15) is 26.0 Å². The van der Waals surface area contributed by atoms with Crippen molar-refractivity contribution >= 4 is 22.4 Å². The van der Waals surface area contributed by atoms with Gasteiger partial charge in [-0.1, -0.05) is 0 Å². The minimum Gasteiger partial charge on any atom is -0.375 e. The topological polar surface area (TPSA) is 80.5 Å². The Bertz CT molecular complexity index is 449. The molecule has 6 nitrogen and oxygen atoms in total. The molecule has 1 aliphatic heterocycles. The van der Waals surface area contributed by atoms with Crippen LogP contribution in [0.4, 0.5) is 5.13 Å². The summed E-state index contributed by atoms with van der Waals surface area (Å²) in [7, 11) is 0. The van der Waals surface area contributed by atoms with Crippen LogP contribution in [0.25, 0.3) is 0 Å². The lowest BCUT2D eigenvalue weighted by Crippen LogP contribution is -2.47. The maximum absolute atomic E-state index is 11.9. The van der Waals surface area contributed by atoms with Gasteiger partial charge in [-0.25, -0.2) is 4.98 Å². The third-order valence-electron chi connectivity index (χ3n) is 3.35. The average Bonchev–Trinajstić information content (AvgIpc) is 2.82. The molecule has 7 heteroatoms. The maximum atomic E-state index is 11.9. The molecule has 1 fully saturated rings. The van der Waals surface area contributed by atoms with Gasteiger partial charge < -0.3 is 15.8 Å². The number of hydrogen-bond donors (Lipinski definition) is 2. The quantitative estimate of drug-likeness (QED) is 0.842. The zero-order valence-electron chi connectivity index (χ0n) is 12.0. The van der Waals surface area contributed by atoms with E-state index in [2.05, 4.69) is 29.0 Å². The molecule has 0 bridgehead atoms. The smallest absolute Gasteiger partial charge is 0.222 e. The molecule has 3 N–H and O–H groups in total. The van der Waals surface area contributed by atoms with Gasteiger partial charge in [-0.3, -0.25) is 9.69 Å². The highest BCUT2D eigenvalue weighted by molar-refractivity contribution is 7.13. The number of carbonyl (C=O) groups excluding carboxylic acids is 1. The third-order valence-corrected chi connectivity index (χ3v) is 4.07. The molecule has 1 amide bonds. The number of ether oxygens (including phenoxy) is 1. The summed E-state index contributed by atoms with van der Waals surface area (Å²) in [6.45, 7) is 7.19. The van der Waals surface area contributed by atoms with Crippen molar-refractivity contribution in [3.63, 3.8) is 0 Å². The minimum absolute atomic E-state index is 0.00724. The van der Waals surface area contributed by atoms with E-state index in [9.17, 15) is 4.79 Å². The fourth-order valence-electron chi connectivity index (χ4n) is 2.21. The molecule has 20 heavy (non-hydrogen) atoms. The summed E-state index contributed by atoms with van der Waals surface area (Å²) >= 11 is 1.38. The van der Waals surface area contributed by atoms with Gasteiger partial charge in [0.15, 0.2) is 5.13 Å². The number of anilines is 1. The molecule has 0 radical (unpaired) electrons. The molecule has 0 saturated carbocycles. The first kappa shape index (κ1) is 15.2. The van der Waals surface area contributed by atoms with Crippen molar-refractivity contribution in [3.8, 4) is 0 Å². The summed E-state index contributed by atoms with van der Waals surface area (Å²) in [5.41, 5.74) is 6.35. The lowest BCUT2D eigenvalue weighted by atomic mass is 10.1. The van der Waals surface area contributed by atoms with Crippen LogP contribution < -0.4 is 11.1 Å².